The Morgan fingerprint density at radius 3 is 3.25 bits per heavy atom. The van der Waals surface area contributed by atoms with Gasteiger partial charge in [-0.3, -0.25) is 4.90 Å². The van der Waals surface area contributed by atoms with Gasteiger partial charge in [0.15, 0.2) is 0 Å². The molecule has 3 heterocycles. The summed E-state index contributed by atoms with van der Waals surface area (Å²) in [7, 11) is 1.69. The zero-order valence-electron chi connectivity index (χ0n) is 11.9. The first-order valence-electron chi connectivity index (χ1n) is 7.18. The van der Waals surface area contributed by atoms with Crippen molar-refractivity contribution in [2.45, 2.75) is 25.2 Å². The van der Waals surface area contributed by atoms with E-state index >= 15 is 0 Å². The first-order chi connectivity index (χ1) is 9.88. The Morgan fingerprint density at radius 1 is 1.40 bits per heavy atom. The summed E-state index contributed by atoms with van der Waals surface area (Å²) in [6.45, 7) is 5.64. The summed E-state index contributed by atoms with van der Waals surface area (Å²) in [5.74, 6) is 0. The molecule has 7 heteroatoms. The number of hydrogen-bond donors (Lipinski definition) is 0. The third-order valence-electron chi connectivity index (χ3n) is 4.00. The molecule has 1 fully saturated rings. The molecular formula is C13H22N4O3. The highest BCUT2D eigenvalue weighted by Crippen LogP contribution is 2.29. The van der Waals surface area contributed by atoms with Gasteiger partial charge in [0.05, 0.1) is 50.5 Å². The zero-order valence-corrected chi connectivity index (χ0v) is 11.9. The number of aromatic nitrogens is 3. The second kappa shape index (κ2) is 6.62. The van der Waals surface area contributed by atoms with Crippen LogP contribution in [0.4, 0.5) is 0 Å². The highest BCUT2D eigenvalue weighted by atomic mass is 16.5. The van der Waals surface area contributed by atoms with Gasteiger partial charge < -0.3 is 14.2 Å². The molecule has 1 saturated heterocycles. The average Bonchev–Trinajstić information content (AvgIpc) is 2.96. The number of ether oxygens (including phenoxy) is 3. The molecule has 0 radical (unpaired) electrons. The van der Waals surface area contributed by atoms with Crippen molar-refractivity contribution in [1.29, 1.82) is 0 Å². The Morgan fingerprint density at radius 2 is 2.35 bits per heavy atom. The standard InChI is InChI=1S/C13H22N4O3/c1-18-6-7-19-5-4-16-3-2-13-12(9-16)17-11(10-20-13)8-14-15-17/h8,12-13H,2-7,9-10H2,1H3/t12-,13-/m0/s1. The first-order valence-corrected chi connectivity index (χ1v) is 7.18. The number of nitrogens with zero attached hydrogens (tertiary/aromatic N) is 4. The maximum absolute atomic E-state index is 5.90. The number of fused-ring (bicyclic) bond motifs is 3. The molecule has 0 bridgehead atoms. The fourth-order valence-corrected chi connectivity index (χ4v) is 2.89. The van der Waals surface area contributed by atoms with Crippen LogP contribution in [0.1, 0.15) is 18.2 Å². The predicted molar refractivity (Wildman–Crippen MR) is 71.4 cm³/mol. The van der Waals surface area contributed by atoms with E-state index in [-0.39, 0.29) is 12.1 Å². The second-order valence-electron chi connectivity index (χ2n) is 5.28. The van der Waals surface area contributed by atoms with Crippen molar-refractivity contribution in [3.05, 3.63) is 11.9 Å². The van der Waals surface area contributed by atoms with E-state index in [9.17, 15) is 0 Å². The van der Waals surface area contributed by atoms with Gasteiger partial charge in [0.25, 0.3) is 0 Å². The van der Waals surface area contributed by atoms with Gasteiger partial charge in [-0.25, -0.2) is 4.68 Å². The van der Waals surface area contributed by atoms with Crippen molar-refractivity contribution in [2.75, 3.05) is 46.6 Å². The van der Waals surface area contributed by atoms with Crippen molar-refractivity contribution < 1.29 is 14.2 Å². The van der Waals surface area contributed by atoms with Gasteiger partial charge in [0, 0.05) is 26.7 Å². The van der Waals surface area contributed by atoms with Gasteiger partial charge in [0.1, 0.15) is 0 Å². The quantitative estimate of drug-likeness (QED) is 0.689. The van der Waals surface area contributed by atoms with Gasteiger partial charge in [-0.1, -0.05) is 5.21 Å². The van der Waals surface area contributed by atoms with Crippen LogP contribution in [-0.4, -0.2) is 72.6 Å². The maximum atomic E-state index is 5.90. The molecule has 0 aromatic carbocycles. The molecule has 2 aliphatic rings. The molecule has 0 N–H and O–H groups in total. The molecule has 112 valence electrons. The number of hydrogen-bond acceptors (Lipinski definition) is 6. The molecule has 3 rings (SSSR count). The first kappa shape index (κ1) is 13.9. The van der Waals surface area contributed by atoms with Crippen LogP contribution in [-0.2, 0) is 20.8 Å². The monoisotopic (exact) mass is 282 g/mol. The van der Waals surface area contributed by atoms with Crippen LogP contribution < -0.4 is 0 Å². The average molecular weight is 282 g/mol. The number of likely N-dealkylation sites (tertiary alicyclic amines) is 1. The van der Waals surface area contributed by atoms with Gasteiger partial charge in [-0.15, -0.1) is 5.10 Å². The van der Waals surface area contributed by atoms with Crippen molar-refractivity contribution in [2.24, 2.45) is 0 Å². The third-order valence-corrected chi connectivity index (χ3v) is 4.00. The number of piperidine rings is 1. The molecule has 0 spiro atoms. The highest BCUT2D eigenvalue weighted by Gasteiger charge is 2.36. The largest absolute Gasteiger partial charge is 0.382 e. The highest BCUT2D eigenvalue weighted by molar-refractivity contribution is 5.01. The lowest BCUT2D eigenvalue weighted by molar-refractivity contribution is -0.0689. The molecule has 0 saturated carbocycles. The molecule has 2 atom stereocenters. The summed E-state index contributed by atoms with van der Waals surface area (Å²) in [4.78, 5) is 2.41. The third kappa shape index (κ3) is 3.01. The van der Waals surface area contributed by atoms with Crippen LogP contribution >= 0.6 is 0 Å². The van der Waals surface area contributed by atoms with Crippen LogP contribution in [0.25, 0.3) is 0 Å². The Labute approximate surface area is 118 Å². The lowest BCUT2D eigenvalue weighted by Gasteiger charge is -2.40. The lowest BCUT2D eigenvalue weighted by Crippen LogP contribution is -2.48. The smallest absolute Gasteiger partial charge is 0.0929 e. The topological polar surface area (TPSA) is 61.6 Å². The summed E-state index contributed by atoms with van der Waals surface area (Å²) >= 11 is 0. The van der Waals surface area contributed by atoms with E-state index in [1.807, 2.05) is 4.68 Å². The van der Waals surface area contributed by atoms with E-state index in [1.54, 1.807) is 13.3 Å². The molecule has 1 aromatic rings. The summed E-state index contributed by atoms with van der Waals surface area (Å²) in [6, 6.07) is 0.286. The van der Waals surface area contributed by atoms with E-state index < -0.39 is 0 Å². The van der Waals surface area contributed by atoms with Crippen LogP contribution in [0, 0.1) is 0 Å². The molecular weight excluding hydrogens is 260 g/mol. The minimum atomic E-state index is 0.273. The predicted octanol–water partition coefficient (Wildman–Crippen LogP) is 0.0867. The summed E-state index contributed by atoms with van der Waals surface area (Å²) in [5, 5.41) is 8.20. The van der Waals surface area contributed by atoms with Crippen molar-refractivity contribution in [3.63, 3.8) is 0 Å². The zero-order chi connectivity index (χ0) is 13.8. The second-order valence-corrected chi connectivity index (χ2v) is 5.28. The molecule has 2 aliphatic heterocycles. The van der Waals surface area contributed by atoms with E-state index in [4.69, 9.17) is 14.2 Å². The molecule has 0 aliphatic carbocycles. The van der Waals surface area contributed by atoms with E-state index in [0.29, 0.717) is 19.8 Å². The Hall–Kier alpha value is -1.02. The molecule has 20 heavy (non-hydrogen) atoms. The van der Waals surface area contributed by atoms with Crippen LogP contribution in [0.15, 0.2) is 6.20 Å². The van der Waals surface area contributed by atoms with Crippen molar-refractivity contribution in [1.82, 2.24) is 19.9 Å². The van der Waals surface area contributed by atoms with Crippen LogP contribution in [0.5, 0.6) is 0 Å². The molecule has 0 amide bonds. The molecule has 7 nitrogen and oxygen atoms in total. The maximum Gasteiger partial charge on any atom is 0.0929 e. The van der Waals surface area contributed by atoms with Crippen molar-refractivity contribution in [3.8, 4) is 0 Å². The van der Waals surface area contributed by atoms with Gasteiger partial charge in [-0.05, 0) is 6.42 Å². The summed E-state index contributed by atoms with van der Waals surface area (Å²) < 4.78 is 18.4. The number of methoxy groups -OCH3 is 1. The Kier molecular flexibility index (Phi) is 4.62. The molecule has 1 aromatic heterocycles. The summed E-state index contributed by atoms with van der Waals surface area (Å²) in [5.41, 5.74) is 1.07. The Balaban J connectivity index is 1.50. The fourth-order valence-electron chi connectivity index (χ4n) is 2.89. The summed E-state index contributed by atoms with van der Waals surface area (Å²) in [6.07, 6.45) is 3.11. The molecule has 0 unspecified atom stereocenters. The minimum absolute atomic E-state index is 0.273. The Bertz CT molecular complexity index is 426. The number of rotatable bonds is 6. The van der Waals surface area contributed by atoms with E-state index in [0.717, 1.165) is 38.4 Å². The van der Waals surface area contributed by atoms with Gasteiger partial charge in [-0.2, -0.15) is 0 Å². The van der Waals surface area contributed by atoms with E-state index in [2.05, 4.69) is 15.2 Å². The van der Waals surface area contributed by atoms with Crippen molar-refractivity contribution >= 4 is 0 Å². The fraction of sp³-hybridized carbons (Fsp3) is 0.846. The van der Waals surface area contributed by atoms with E-state index in [1.165, 1.54) is 0 Å². The SMILES string of the molecule is COCCOCCN1CC[C@@H]2OCc3cnnn3[C@H]2C1. The van der Waals surface area contributed by atoms with Gasteiger partial charge >= 0.3 is 0 Å². The lowest BCUT2D eigenvalue weighted by atomic mass is 10.0. The van der Waals surface area contributed by atoms with Crippen LogP contribution in [0.2, 0.25) is 0 Å². The van der Waals surface area contributed by atoms with Crippen LogP contribution in [0.3, 0.4) is 0 Å². The normalized spacial score (nSPS) is 26.2. The van der Waals surface area contributed by atoms with Gasteiger partial charge in [0.2, 0.25) is 0 Å². The minimum Gasteiger partial charge on any atom is -0.382 e.